The molecule has 0 aliphatic rings. The van der Waals surface area contributed by atoms with E-state index in [4.69, 9.17) is 0 Å². The van der Waals surface area contributed by atoms with Crippen molar-refractivity contribution in [3.8, 4) is 0 Å². The van der Waals surface area contributed by atoms with Gasteiger partial charge >= 0.3 is 0 Å². The predicted molar refractivity (Wildman–Crippen MR) is 85.7 cm³/mol. The van der Waals surface area contributed by atoms with Crippen LogP contribution in [0.4, 0.5) is 17.3 Å². The van der Waals surface area contributed by atoms with Crippen LogP contribution >= 0.6 is 15.9 Å². The number of imidazole rings is 1. The highest BCUT2D eigenvalue weighted by Crippen LogP contribution is 2.28. The molecule has 0 unspecified atom stereocenters. The molecule has 0 aliphatic heterocycles. The van der Waals surface area contributed by atoms with Gasteiger partial charge in [-0.2, -0.15) is 0 Å². The minimum Gasteiger partial charge on any atom is -0.379 e. The SMILES string of the molecule is CN(C)c1ncc(CNc2ccc([N+](=O)[O-])c(Br)c2)n1C. The number of aromatic nitrogens is 2. The Balaban J connectivity index is 2.10. The number of nitro benzene ring substituents is 1. The maximum Gasteiger partial charge on any atom is 0.283 e. The summed E-state index contributed by atoms with van der Waals surface area (Å²) in [6.07, 6.45) is 1.81. The van der Waals surface area contributed by atoms with Crippen molar-refractivity contribution >= 4 is 33.3 Å². The zero-order valence-corrected chi connectivity index (χ0v) is 13.6. The van der Waals surface area contributed by atoms with E-state index in [0.717, 1.165) is 17.3 Å². The van der Waals surface area contributed by atoms with Crippen LogP contribution in [-0.2, 0) is 13.6 Å². The lowest BCUT2D eigenvalue weighted by atomic mass is 10.3. The Labute approximate surface area is 130 Å². The lowest BCUT2D eigenvalue weighted by Crippen LogP contribution is -2.15. The number of nitrogens with one attached hydrogen (secondary N) is 1. The first-order valence-electron chi connectivity index (χ1n) is 6.26. The van der Waals surface area contributed by atoms with Crippen LogP contribution in [0.25, 0.3) is 0 Å². The van der Waals surface area contributed by atoms with E-state index >= 15 is 0 Å². The number of nitrogens with zero attached hydrogens (tertiary/aromatic N) is 4. The molecule has 0 saturated heterocycles. The van der Waals surface area contributed by atoms with Crippen LogP contribution in [0, 0.1) is 10.1 Å². The highest BCUT2D eigenvalue weighted by Gasteiger charge is 2.12. The summed E-state index contributed by atoms with van der Waals surface area (Å²) in [5.41, 5.74) is 1.88. The van der Waals surface area contributed by atoms with Gasteiger partial charge in [-0.25, -0.2) is 4.98 Å². The summed E-state index contributed by atoms with van der Waals surface area (Å²) in [7, 11) is 5.82. The molecule has 0 bridgehead atoms. The molecule has 1 aromatic carbocycles. The fourth-order valence-electron chi connectivity index (χ4n) is 1.97. The van der Waals surface area contributed by atoms with Gasteiger partial charge in [-0.15, -0.1) is 0 Å². The van der Waals surface area contributed by atoms with Gasteiger partial charge in [0.05, 0.1) is 27.8 Å². The topological polar surface area (TPSA) is 76.2 Å². The summed E-state index contributed by atoms with van der Waals surface area (Å²) in [5, 5.41) is 14.0. The van der Waals surface area contributed by atoms with Crippen molar-refractivity contribution < 1.29 is 4.92 Å². The Hall–Kier alpha value is -2.09. The third-order valence-electron chi connectivity index (χ3n) is 3.08. The molecule has 1 N–H and O–H groups in total. The molecule has 0 atom stereocenters. The normalized spacial score (nSPS) is 10.5. The number of nitro groups is 1. The average Bonchev–Trinajstić information content (AvgIpc) is 2.77. The molecule has 0 spiro atoms. The van der Waals surface area contributed by atoms with E-state index in [1.165, 1.54) is 6.07 Å². The second-order valence-corrected chi connectivity index (χ2v) is 5.63. The minimum absolute atomic E-state index is 0.0518. The van der Waals surface area contributed by atoms with Crippen LogP contribution in [0.2, 0.25) is 0 Å². The molecule has 0 amide bonds. The van der Waals surface area contributed by atoms with Crippen molar-refractivity contribution in [3.05, 3.63) is 44.7 Å². The molecular formula is C13H16BrN5O2. The smallest absolute Gasteiger partial charge is 0.283 e. The Morgan fingerprint density at radius 2 is 2.19 bits per heavy atom. The molecule has 112 valence electrons. The van der Waals surface area contributed by atoms with Crippen molar-refractivity contribution in [1.29, 1.82) is 0 Å². The largest absolute Gasteiger partial charge is 0.379 e. The molecule has 1 aromatic heterocycles. The number of hydrogen-bond acceptors (Lipinski definition) is 5. The van der Waals surface area contributed by atoms with Crippen LogP contribution in [0.3, 0.4) is 0 Å². The molecular weight excluding hydrogens is 338 g/mol. The zero-order valence-electron chi connectivity index (χ0n) is 12.0. The third kappa shape index (κ3) is 3.33. The first kappa shape index (κ1) is 15.3. The van der Waals surface area contributed by atoms with Crippen molar-refractivity contribution in [3.63, 3.8) is 0 Å². The number of anilines is 2. The Morgan fingerprint density at radius 3 is 2.71 bits per heavy atom. The first-order valence-corrected chi connectivity index (χ1v) is 7.05. The molecule has 21 heavy (non-hydrogen) atoms. The molecule has 8 heteroatoms. The third-order valence-corrected chi connectivity index (χ3v) is 3.71. The highest BCUT2D eigenvalue weighted by atomic mass is 79.9. The fraction of sp³-hybridized carbons (Fsp3) is 0.308. The van der Waals surface area contributed by atoms with Crippen molar-refractivity contribution in [1.82, 2.24) is 9.55 Å². The number of hydrogen-bond donors (Lipinski definition) is 1. The van der Waals surface area contributed by atoms with Gasteiger partial charge in [0.25, 0.3) is 5.69 Å². The monoisotopic (exact) mass is 353 g/mol. The second kappa shape index (κ2) is 6.13. The van der Waals surface area contributed by atoms with Crippen LogP contribution < -0.4 is 10.2 Å². The average molecular weight is 354 g/mol. The summed E-state index contributed by atoms with van der Waals surface area (Å²) in [5.74, 6) is 0.872. The molecule has 0 aliphatic carbocycles. The van der Waals surface area contributed by atoms with E-state index < -0.39 is 4.92 Å². The van der Waals surface area contributed by atoms with E-state index in [2.05, 4.69) is 26.2 Å². The van der Waals surface area contributed by atoms with Crippen molar-refractivity contribution in [2.24, 2.45) is 7.05 Å². The molecule has 1 heterocycles. The van der Waals surface area contributed by atoms with Gasteiger partial charge in [-0.3, -0.25) is 10.1 Å². The van der Waals surface area contributed by atoms with E-state index in [-0.39, 0.29) is 5.69 Å². The van der Waals surface area contributed by atoms with Gasteiger partial charge in [0.1, 0.15) is 0 Å². The van der Waals surface area contributed by atoms with Crippen molar-refractivity contribution in [2.45, 2.75) is 6.54 Å². The van der Waals surface area contributed by atoms with Crippen molar-refractivity contribution in [2.75, 3.05) is 24.3 Å². The predicted octanol–water partition coefficient (Wildman–Crippen LogP) is 2.77. The van der Waals surface area contributed by atoms with Gasteiger partial charge < -0.3 is 14.8 Å². The van der Waals surface area contributed by atoms with Crippen LogP contribution in [0.1, 0.15) is 5.69 Å². The molecule has 0 radical (unpaired) electrons. The highest BCUT2D eigenvalue weighted by molar-refractivity contribution is 9.10. The van der Waals surface area contributed by atoms with E-state index in [9.17, 15) is 10.1 Å². The zero-order chi connectivity index (χ0) is 15.6. The number of benzene rings is 1. The molecule has 7 nitrogen and oxygen atoms in total. The molecule has 2 aromatic rings. The second-order valence-electron chi connectivity index (χ2n) is 4.78. The van der Waals surface area contributed by atoms with Gasteiger partial charge in [0.15, 0.2) is 0 Å². The summed E-state index contributed by atoms with van der Waals surface area (Å²) in [4.78, 5) is 16.6. The van der Waals surface area contributed by atoms with Gasteiger partial charge in [0.2, 0.25) is 5.95 Å². The Kier molecular flexibility index (Phi) is 4.46. The van der Waals surface area contributed by atoms with E-state index in [1.807, 2.05) is 36.8 Å². The Morgan fingerprint density at radius 1 is 1.48 bits per heavy atom. The number of halogens is 1. The lowest BCUT2D eigenvalue weighted by molar-refractivity contribution is -0.385. The summed E-state index contributed by atoms with van der Waals surface area (Å²) in [6, 6.07) is 4.86. The quantitative estimate of drug-likeness (QED) is 0.660. The molecule has 0 saturated carbocycles. The maximum absolute atomic E-state index is 10.8. The van der Waals surface area contributed by atoms with E-state index in [0.29, 0.717) is 11.0 Å². The van der Waals surface area contributed by atoms with Crippen LogP contribution in [0.5, 0.6) is 0 Å². The maximum atomic E-state index is 10.8. The van der Waals surface area contributed by atoms with Gasteiger partial charge in [0, 0.05) is 32.9 Å². The fourth-order valence-corrected chi connectivity index (χ4v) is 2.49. The summed E-state index contributed by atoms with van der Waals surface area (Å²) >= 11 is 3.21. The minimum atomic E-state index is -0.418. The van der Waals surface area contributed by atoms with Gasteiger partial charge in [-0.1, -0.05) is 0 Å². The molecule has 0 fully saturated rings. The van der Waals surface area contributed by atoms with Gasteiger partial charge in [-0.05, 0) is 28.1 Å². The molecule has 2 rings (SSSR count). The number of rotatable bonds is 5. The van der Waals surface area contributed by atoms with Crippen LogP contribution in [0.15, 0.2) is 28.9 Å². The van der Waals surface area contributed by atoms with E-state index in [1.54, 1.807) is 12.1 Å². The van der Waals surface area contributed by atoms with Crippen LogP contribution in [-0.4, -0.2) is 28.6 Å². The summed E-state index contributed by atoms with van der Waals surface area (Å²) < 4.78 is 2.45. The first-order chi connectivity index (χ1) is 9.90. The summed E-state index contributed by atoms with van der Waals surface area (Å²) in [6.45, 7) is 0.585. The Bertz CT molecular complexity index is 669. The standard InChI is InChI=1S/C13H16BrN5O2/c1-17(2)13-16-8-10(18(13)3)7-15-9-4-5-12(19(20)21)11(14)6-9/h4-6,8,15H,7H2,1-3H3. The lowest BCUT2D eigenvalue weighted by Gasteiger charge is -2.13.